The van der Waals surface area contributed by atoms with E-state index in [2.05, 4.69) is 5.32 Å². The molecule has 7 heteroatoms. The first-order valence-corrected chi connectivity index (χ1v) is 6.63. The molecule has 1 saturated carbocycles. The lowest BCUT2D eigenvalue weighted by Crippen LogP contribution is -2.28. The maximum Gasteiger partial charge on any atom is 0.412 e. The molecule has 1 amide bonds. The Labute approximate surface area is 126 Å². The van der Waals surface area contributed by atoms with E-state index in [1.807, 2.05) is 6.07 Å². The molecular weight excluding hydrogens is 290 g/mol. The molecule has 7 nitrogen and oxygen atoms in total. The summed E-state index contributed by atoms with van der Waals surface area (Å²) in [5.41, 5.74) is 0.401. The average Bonchev–Trinajstić information content (AvgIpc) is 3.25. The number of allylic oxidation sites excluding steroid dienone is 1. The first-order valence-electron chi connectivity index (χ1n) is 6.63. The van der Waals surface area contributed by atoms with E-state index in [4.69, 9.17) is 14.9 Å². The molecule has 0 radical (unpaired) electrons. The Hall–Kier alpha value is -2.83. The molecule has 1 aliphatic rings. The van der Waals surface area contributed by atoms with Crippen molar-refractivity contribution in [3.8, 4) is 0 Å². The zero-order valence-corrected chi connectivity index (χ0v) is 11.6. The lowest BCUT2D eigenvalue weighted by atomic mass is 10.2. The summed E-state index contributed by atoms with van der Waals surface area (Å²) in [6.45, 7) is 0.0146. The van der Waals surface area contributed by atoms with Gasteiger partial charge in [0.05, 0.1) is 5.92 Å². The van der Waals surface area contributed by atoms with Gasteiger partial charge in [-0.3, -0.25) is 10.1 Å². The molecule has 0 saturated heterocycles. The molecule has 1 fully saturated rings. The van der Waals surface area contributed by atoms with Crippen LogP contribution in [0.1, 0.15) is 12.0 Å². The zero-order chi connectivity index (χ0) is 16.1. The lowest BCUT2D eigenvalue weighted by Gasteiger charge is -2.07. The van der Waals surface area contributed by atoms with Crippen LogP contribution in [0.3, 0.4) is 0 Å². The minimum Gasteiger partial charge on any atom is -0.481 e. The highest BCUT2D eigenvalue weighted by molar-refractivity contribution is 5.91. The first-order chi connectivity index (χ1) is 10.5. The van der Waals surface area contributed by atoms with Crippen LogP contribution in [0.2, 0.25) is 0 Å². The van der Waals surface area contributed by atoms with Crippen LogP contribution in [0, 0.1) is 11.8 Å². The number of hydrogen-bond acceptors (Lipinski definition) is 4. The van der Waals surface area contributed by atoms with Gasteiger partial charge < -0.3 is 14.9 Å². The Bertz CT molecular complexity index is 610. The van der Waals surface area contributed by atoms with Crippen LogP contribution in [-0.2, 0) is 20.9 Å². The SMILES string of the molecule is O=C(N/C(=C\[C@@H]1C[C@@H]1C(=O)O)C(=O)O)OCc1ccccc1. The van der Waals surface area contributed by atoms with Crippen molar-refractivity contribution in [1.82, 2.24) is 5.32 Å². The second kappa shape index (κ2) is 6.75. The van der Waals surface area contributed by atoms with E-state index < -0.39 is 23.9 Å². The van der Waals surface area contributed by atoms with Crippen molar-refractivity contribution in [2.45, 2.75) is 13.0 Å². The second-order valence-electron chi connectivity index (χ2n) is 4.92. The molecule has 116 valence electrons. The number of ether oxygens (including phenoxy) is 1. The van der Waals surface area contributed by atoms with E-state index >= 15 is 0 Å². The van der Waals surface area contributed by atoms with Gasteiger partial charge in [-0.1, -0.05) is 30.3 Å². The maximum atomic E-state index is 11.6. The maximum absolute atomic E-state index is 11.6. The van der Waals surface area contributed by atoms with Gasteiger partial charge in [-0.2, -0.15) is 0 Å². The molecule has 0 spiro atoms. The number of hydrogen-bond donors (Lipinski definition) is 3. The van der Waals surface area contributed by atoms with Crippen molar-refractivity contribution in [3.05, 3.63) is 47.7 Å². The van der Waals surface area contributed by atoms with Gasteiger partial charge in [-0.05, 0) is 24.0 Å². The minimum absolute atomic E-state index is 0.0146. The quantitative estimate of drug-likeness (QED) is 0.688. The highest BCUT2D eigenvalue weighted by Crippen LogP contribution is 2.40. The third-order valence-electron chi connectivity index (χ3n) is 3.22. The summed E-state index contributed by atoms with van der Waals surface area (Å²) in [6, 6.07) is 8.94. The van der Waals surface area contributed by atoms with Gasteiger partial charge >= 0.3 is 18.0 Å². The zero-order valence-electron chi connectivity index (χ0n) is 11.6. The number of carbonyl (C=O) groups excluding carboxylic acids is 1. The van der Waals surface area contributed by atoms with Crippen molar-refractivity contribution >= 4 is 18.0 Å². The highest BCUT2D eigenvalue weighted by Gasteiger charge is 2.42. The van der Waals surface area contributed by atoms with Crippen LogP contribution in [0.25, 0.3) is 0 Å². The normalized spacial score (nSPS) is 20.1. The fourth-order valence-electron chi connectivity index (χ4n) is 1.93. The molecule has 0 unspecified atom stereocenters. The molecule has 1 aromatic carbocycles. The highest BCUT2D eigenvalue weighted by atomic mass is 16.5. The molecule has 0 aromatic heterocycles. The van der Waals surface area contributed by atoms with Crippen molar-refractivity contribution in [2.75, 3.05) is 0 Å². The van der Waals surface area contributed by atoms with Crippen molar-refractivity contribution in [2.24, 2.45) is 11.8 Å². The predicted molar refractivity (Wildman–Crippen MR) is 74.7 cm³/mol. The molecule has 1 aromatic rings. The van der Waals surface area contributed by atoms with Crippen molar-refractivity contribution < 1.29 is 29.3 Å². The Morgan fingerprint density at radius 3 is 2.45 bits per heavy atom. The van der Waals surface area contributed by atoms with E-state index in [1.54, 1.807) is 24.3 Å². The molecular formula is C15H15NO6. The Balaban J connectivity index is 1.88. The number of amides is 1. The summed E-state index contributed by atoms with van der Waals surface area (Å²) in [6.07, 6.45) is 0.711. The Kier molecular flexibility index (Phi) is 4.77. The monoisotopic (exact) mass is 305 g/mol. The Morgan fingerprint density at radius 2 is 1.91 bits per heavy atom. The lowest BCUT2D eigenvalue weighted by molar-refractivity contribution is -0.139. The number of carbonyl (C=O) groups is 3. The number of aliphatic carboxylic acids is 2. The molecule has 22 heavy (non-hydrogen) atoms. The Morgan fingerprint density at radius 1 is 1.23 bits per heavy atom. The standard InChI is InChI=1S/C15H15NO6/c17-13(18)11-6-10(11)7-12(14(19)20)16-15(21)22-8-9-4-2-1-3-5-9/h1-5,7,10-11H,6,8H2,(H,16,21)(H,17,18)(H,19,20)/b12-7-/t10-,11-/m0/s1. The minimum atomic E-state index is -1.34. The predicted octanol–water partition coefficient (Wildman–Crippen LogP) is 1.60. The third kappa shape index (κ3) is 4.34. The first kappa shape index (κ1) is 15.6. The number of benzene rings is 1. The summed E-state index contributed by atoms with van der Waals surface area (Å²) in [4.78, 5) is 33.4. The summed E-state index contributed by atoms with van der Waals surface area (Å²) in [5.74, 6) is -3.28. The van der Waals surface area contributed by atoms with Crippen LogP contribution < -0.4 is 5.32 Å². The molecule has 0 aliphatic heterocycles. The van der Waals surface area contributed by atoms with Crippen molar-refractivity contribution in [3.63, 3.8) is 0 Å². The summed E-state index contributed by atoms with van der Waals surface area (Å²) >= 11 is 0. The summed E-state index contributed by atoms with van der Waals surface area (Å²) in [5, 5.41) is 19.9. The smallest absolute Gasteiger partial charge is 0.412 e. The topological polar surface area (TPSA) is 113 Å². The van der Waals surface area contributed by atoms with E-state index in [1.165, 1.54) is 6.08 Å². The van der Waals surface area contributed by atoms with E-state index in [9.17, 15) is 14.4 Å². The van der Waals surface area contributed by atoms with Gasteiger partial charge in [0.2, 0.25) is 0 Å². The van der Waals surface area contributed by atoms with Gasteiger partial charge in [0.1, 0.15) is 12.3 Å². The molecule has 1 aliphatic carbocycles. The van der Waals surface area contributed by atoms with Crippen molar-refractivity contribution in [1.29, 1.82) is 0 Å². The van der Waals surface area contributed by atoms with Crippen LogP contribution in [0.4, 0.5) is 4.79 Å². The van der Waals surface area contributed by atoms with E-state index in [-0.39, 0.29) is 18.2 Å². The van der Waals surface area contributed by atoms with Gasteiger partial charge in [-0.25, -0.2) is 9.59 Å². The van der Waals surface area contributed by atoms with E-state index in [0.29, 0.717) is 6.42 Å². The van der Waals surface area contributed by atoms with Gasteiger partial charge in [-0.15, -0.1) is 0 Å². The van der Waals surface area contributed by atoms with Crippen LogP contribution in [0.15, 0.2) is 42.1 Å². The van der Waals surface area contributed by atoms with Crippen LogP contribution in [0.5, 0.6) is 0 Å². The van der Waals surface area contributed by atoms with E-state index in [0.717, 1.165) is 5.56 Å². The van der Waals surface area contributed by atoms with Gasteiger partial charge in [0.25, 0.3) is 0 Å². The third-order valence-corrected chi connectivity index (χ3v) is 3.22. The molecule has 0 bridgehead atoms. The molecule has 2 rings (SSSR count). The fourth-order valence-corrected chi connectivity index (χ4v) is 1.93. The number of nitrogens with one attached hydrogen (secondary N) is 1. The molecule has 3 N–H and O–H groups in total. The largest absolute Gasteiger partial charge is 0.481 e. The number of carboxylic acid groups (broad SMARTS) is 2. The fraction of sp³-hybridized carbons (Fsp3) is 0.267. The summed E-state index contributed by atoms with van der Waals surface area (Å²) < 4.78 is 4.91. The average molecular weight is 305 g/mol. The molecule has 2 atom stereocenters. The van der Waals surface area contributed by atoms with Crippen LogP contribution >= 0.6 is 0 Å². The summed E-state index contributed by atoms with van der Waals surface area (Å²) in [7, 11) is 0. The number of alkyl carbamates (subject to hydrolysis) is 1. The number of carboxylic acids is 2. The van der Waals surface area contributed by atoms with Crippen LogP contribution in [-0.4, -0.2) is 28.2 Å². The number of rotatable bonds is 6. The van der Waals surface area contributed by atoms with Gasteiger partial charge in [0.15, 0.2) is 0 Å². The van der Waals surface area contributed by atoms with Gasteiger partial charge in [0, 0.05) is 0 Å². The second-order valence-corrected chi connectivity index (χ2v) is 4.92. The molecule has 0 heterocycles.